The minimum absolute atomic E-state index is 0.214. The summed E-state index contributed by atoms with van der Waals surface area (Å²) in [6, 6.07) is 6.00. The SMILES string of the molecule is Cc1ccc(CN(C)CCCC(=O)O)c(Cl)c1. The number of carboxylic acids is 1. The van der Waals surface area contributed by atoms with Crippen LogP contribution in [0.25, 0.3) is 0 Å². The van der Waals surface area contributed by atoms with Gasteiger partial charge in [0.25, 0.3) is 0 Å². The Balaban J connectivity index is 2.44. The molecule has 0 saturated carbocycles. The standard InChI is InChI=1S/C13H18ClNO2/c1-10-5-6-11(12(14)8-10)9-15(2)7-3-4-13(16)17/h5-6,8H,3-4,7,9H2,1-2H3,(H,16,17). The molecule has 0 saturated heterocycles. The quantitative estimate of drug-likeness (QED) is 0.850. The second kappa shape index (κ2) is 6.62. The van der Waals surface area contributed by atoms with Crippen LogP contribution >= 0.6 is 11.6 Å². The van der Waals surface area contributed by atoms with E-state index in [2.05, 4.69) is 4.90 Å². The Morgan fingerprint density at radius 1 is 1.47 bits per heavy atom. The highest BCUT2D eigenvalue weighted by Crippen LogP contribution is 2.18. The number of aliphatic carboxylic acids is 1. The Kier molecular flexibility index (Phi) is 5.45. The minimum atomic E-state index is -0.744. The average Bonchev–Trinajstić information content (AvgIpc) is 2.21. The molecule has 0 atom stereocenters. The molecule has 0 unspecified atom stereocenters. The van der Waals surface area contributed by atoms with Gasteiger partial charge in [-0.3, -0.25) is 4.79 Å². The Morgan fingerprint density at radius 3 is 2.76 bits per heavy atom. The molecule has 94 valence electrons. The van der Waals surface area contributed by atoms with E-state index in [1.165, 1.54) is 0 Å². The molecule has 0 aliphatic rings. The smallest absolute Gasteiger partial charge is 0.303 e. The van der Waals surface area contributed by atoms with Crippen LogP contribution in [0.1, 0.15) is 24.0 Å². The lowest BCUT2D eigenvalue weighted by molar-refractivity contribution is -0.137. The molecule has 1 aromatic carbocycles. The maximum absolute atomic E-state index is 10.4. The summed E-state index contributed by atoms with van der Waals surface area (Å²) in [5, 5.41) is 9.32. The van der Waals surface area contributed by atoms with Crippen LogP contribution < -0.4 is 0 Å². The third kappa shape index (κ3) is 5.20. The number of aryl methyl sites for hydroxylation is 1. The summed E-state index contributed by atoms with van der Waals surface area (Å²) in [6.07, 6.45) is 0.876. The molecule has 1 aromatic rings. The van der Waals surface area contributed by atoms with Crippen molar-refractivity contribution in [2.45, 2.75) is 26.3 Å². The zero-order valence-corrected chi connectivity index (χ0v) is 11.0. The van der Waals surface area contributed by atoms with Crippen LogP contribution in [0.3, 0.4) is 0 Å². The molecule has 0 radical (unpaired) electrons. The maximum Gasteiger partial charge on any atom is 0.303 e. The summed E-state index contributed by atoms with van der Waals surface area (Å²) in [7, 11) is 1.97. The first-order chi connectivity index (χ1) is 7.99. The number of hydrogen-bond acceptors (Lipinski definition) is 2. The van der Waals surface area contributed by atoms with Gasteiger partial charge in [0, 0.05) is 18.0 Å². The van der Waals surface area contributed by atoms with Gasteiger partial charge in [-0.1, -0.05) is 23.7 Å². The van der Waals surface area contributed by atoms with Gasteiger partial charge < -0.3 is 10.0 Å². The van der Waals surface area contributed by atoms with Crippen molar-refractivity contribution in [3.05, 3.63) is 34.3 Å². The maximum atomic E-state index is 10.4. The van der Waals surface area contributed by atoms with Crippen LogP contribution in [0, 0.1) is 6.92 Å². The van der Waals surface area contributed by atoms with E-state index >= 15 is 0 Å². The van der Waals surface area contributed by atoms with E-state index in [9.17, 15) is 4.79 Å². The van der Waals surface area contributed by atoms with E-state index < -0.39 is 5.97 Å². The van der Waals surface area contributed by atoms with Gasteiger partial charge in [-0.15, -0.1) is 0 Å². The number of carboxylic acid groups (broad SMARTS) is 1. The third-order valence-electron chi connectivity index (χ3n) is 2.58. The Bertz CT molecular complexity index is 393. The molecule has 4 heteroatoms. The largest absolute Gasteiger partial charge is 0.481 e. The fraction of sp³-hybridized carbons (Fsp3) is 0.462. The van der Waals surface area contributed by atoms with Gasteiger partial charge >= 0.3 is 5.97 Å². The molecule has 3 nitrogen and oxygen atoms in total. The Labute approximate surface area is 107 Å². The number of carbonyl (C=O) groups is 1. The first-order valence-electron chi connectivity index (χ1n) is 5.64. The molecule has 1 N–H and O–H groups in total. The van der Waals surface area contributed by atoms with Gasteiger partial charge in [-0.05, 0) is 44.1 Å². The zero-order chi connectivity index (χ0) is 12.8. The fourth-order valence-corrected chi connectivity index (χ4v) is 1.95. The Morgan fingerprint density at radius 2 is 2.18 bits per heavy atom. The van der Waals surface area contributed by atoms with Crippen LogP contribution in [-0.4, -0.2) is 29.6 Å². The highest BCUT2D eigenvalue weighted by atomic mass is 35.5. The third-order valence-corrected chi connectivity index (χ3v) is 2.93. The first kappa shape index (κ1) is 14.0. The van der Waals surface area contributed by atoms with Crippen molar-refractivity contribution in [1.82, 2.24) is 4.90 Å². The number of benzene rings is 1. The molecule has 1 rings (SSSR count). The van der Waals surface area contributed by atoms with Gasteiger partial charge in [0.2, 0.25) is 0 Å². The van der Waals surface area contributed by atoms with Crippen LogP contribution in [0.15, 0.2) is 18.2 Å². The molecular formula is C13H18ClNO2. The van der Waals surface area contributed by atoms with Crippen molar-refractivity contribution in [2.75, 3.05) is 13.6 Å². The predicted octanol–water partition coefficient (Wildman–Crippen LogP) is 2.95. The van der Waals surface area contributed by atoms with Gasteiger partial charge in [-0.2, -0.15) is 0 Å². The summed E-state index contributed by atoms with van der Waals surface area (Å²) >= 11 is 6.14. The monoisotopic (exact) mass is 255 g/mol. The lowest BCUT2D eigenvalue weighted by atomic mass is 10.1. The topological polar surface area (TPSA) is 40.5 Å². The molecule has 0 spiro atoms. The zero-order valence-electron chi connectivity index (χ0n) is 10.2. The van der Waals surface area contributed by atoms with E-state index in [1.54, 1.807) is 0 Å². The van der Waals surface area contributed by atoms with Crippen molar-refractivity contribution in [2.24, 2.45) is 0 Å². The second-order valence-electron chi connectivity index (χ2n) is 4.33. The first-order valence-corrected chi connectivity index (χ1v) is 6.02. The van der Waals surface area contributed by atoms with E-state index in [-0.39, 0.29) is 6.42 Å². The molecule has 17 heavy (non-hydrogen) atoms. The summed E-state index contributed by atoms with van der Waals surface area (Å²) in [5.74, 6) is -0.744. The van der Waals surface area contributed by atoms with Gasteiger partial charge in [-0.25, -0.2) is 0 Å². The molecule has 0 bridgehead atoms. The molecule has 0 aliphatic heterocycles. The van der Waals surface area contributed by atoms with E-state index in [4.69, 9.17) is 16.7 Å². The summed E-state index contributed by atoms with van der Waals surface area (Å²) in [6.45, 7) is 3.52. The molecule has 0 aliphatic carbocycles. The number of hydrogen-bond donors (Lipinski definition) is 1. The van der Waals surface area contributed by atoms with Gasteiger partial charge in [0.15, 0.2) is 0 Å². The van der Waals surface area contributed by atoms with Crippen LogP contribution in [-0.2, 0) is 11.3 Å². The van der Waals surface area contributed by atoms with Crippen LogP contribution in [0.2, 0.25) is 5.02 Å². The lowest BCUT2D eigenvalue weighted by Crippen LogP contribution is -2.20. The minimum Gasteiger partial charge on any atom is -0.481 e. The number of rotatable bonds is 6. The predicted molar refractivity (Wildman–Crippen MR) is 69.4 cm³/mol. The van der Waals surface area contributed by atoms with Crippen LogP contribution in [0.4, 0.5) is 0 Å². The average molecular weight is 256 g/mol. The number of halogens is 1. The normalized spacial score (nSPS) is 10.8. The van der Waals surface area contributed by atoms with Gasteiger partial charge in [0.05, 0.1) is 0 Å². The molecular weight excluding hydrogens is 238 g/mol. The van der Waals surface area contributed by atoms with E-state index in [0.29, 0.717) is 6.42 Å². The fourth-order valence-electron chi connectivity index (χ4n) is 1.65. The van der Waals surface area contributed by atoms with Crippen molar-refractivity contribution in [3.8, 4) is 0 Å². The van der Waals surface area contributed by atoms with Crippen LogP contribution in [0.5, 0.6) is 0 Å². The van der Waals surface area contributed by atoms with E-state index in [1.807, 2.05) is 32.2 Å². The Hall–Kier alpha value is -1.06. The van der Waals surface area contributed by atoms with Crippen molar-refractivity contribution in [1.29, 1.82) is 0 Å². The highest BCUT2D eigenvalue weighted by Gasteiger charge is 2.05. The summed E-state index contributed by atoms with van der Waals surface area (Å²) < 4.78 is 0. The lowest BCUT2D eigenvalue weighted by Gasteiger charge is -2.17. The molecule has 0 heterocycles. The molecule has 0 aromatic heterocycles. The van der Waals surface area contributed by atoms with Crippen molar-refractivity contribution < 1.29 is 9.90 Å². The molecule has 0 amide bonds. The molecule has 0 fully saturated rings. The van der Waals surface area contributed by atoms with E-state index in [0.717, 1.165) is 29.2 Å². The second-order valence-corrected chi connectivity index (χ2v) is 4.74. The summed E-state index contributed by atoms with van der Waals surface area (Å²) in [5.41, 5.74) is 2.22. The number of nitrogens with zero attached hydrogens (tertiary/aromatic N) is 1. The van der Waals surface area contributed by atoms with Crippen molar-refractivity contribution >= 4 is 17.6 Å². The van der Waals surface area contributed by atoms with Crippen molar-refractivity contribution in [3.63, 3.8) is 0 Å². The summed E-state index contributed by atoms with van der Waals surface area (Å²) in [4.78, 5) is 12.5. The highest BCUT2D eigenvalue weighted by molar-refractivity contribution is 6.31. The van der Waals surface area contributed by atoms with Gasteiger partial charge in [0.1, 0.15) is 0 Å².